The van der Waals surface area contributed by atoms with Gasteiger partial charge in [-0.2, -0.15) is 0 Å². The maximum absolute atomic E-state index is 12.4. The highest BCUT2D eigenvalue weighted by Crippen LogP contribution is 2.24. The molecule has 0 radical (unpaired) electrons. The Balaban J connectivity index is 1.66. The molecule has 0 unspecified atom stereocenters. The van der Waals surface area contributed by atoms with E-state index in [9.17, 15) is 4.79 Å². The zero-order valence-electron chi connectivity index (χ0n) is 14.3. The van der Waals surface area contributed by atoms with E-state index in [1.165, 1.54) is 12.8 Å². The molecule has 6 heteroatoms. The highest BCUT2D eigenvalue weighted by molar-refractivity contribution is 5.94. The van der Waals surface area contributed by atoms with Gasteiger partial charge in [-0.3, -0.25) is 4.79 Å². The van der Waals surface area contributed by atoms with Crippen LogP contribution >= 0.6 is 0 Å². The lowest BCUT2D eigenvalue weighted by Gasteiger charge is -2.26. The van der Waals surface area contributed by atoms with Gasteiger partial charge in [-0.15, -0.1) is 0 Å². The van der Waals surface area contributed by atoms with Crippen molar-refractivity contribution in [1.29, 1.82) is 0 Å². The summed E-state index contributed by atoms with van der Waals surface area (Å²) in [4.78, 5) is 24.1. The van der Waals surface area contributed by atoms with Crippen molar-refractivity contribution in [2.75, 3.05) is 11.9 Å². The first-order chi connectivity index (χ1) is 11.7. The summed E-state index contributed by atoms with van der Waals surface area (Å²) < 4.78 is 0. The molecule has 1 aliphatic rings. The quantitative estimate of drug-likeness (QED) is 0.787. The number of H-pyrrole nitrogens is 1. The van der Waals surface area contributed by atoms with E-state index in [1.54, 1.807) is 6.20 Å². The van der Waals surface area contributed by atoms with Crippen molar-refractivity contribution in [1.82, 2.24) is 20.3 Å². The van der Waals surface area contributed by atoms with Crippen molar-refractivity contribution in [3.63, 3.8) is 0 Å². The fourth-order valence-corrected chi connectivity index (χ4v) is 3.10. The van der Waals surface area contributed by atoms with Gasteiger partial charge >= 0.3 is 0 Å². The third-order valence-corrected chi connectivity index (χ3v) is 4.56. The van der Waals surface area contributed by atoms with E-state index in [1.807, 2.05) is 25.3 Å². The van der Waals surface area contributed by atoms with Crippen LogP contribution in [0.5, 0.6) is 0 Å². The molecule has 1 amide bonds. The second-order valence-corrected chi connectivity index (χ2v) is 6.53. The molecule has 2 aromatic heterocycles. The maximum Gasteiger partial charge on any atom is 0.267 e. The fourth-order valence-electron chi connectivity index (χ4n) is 3.10. The molecule has 0 aromatic carbocycles. The van der Waals surface area contributed by atoms with E-state index in [4.69, 9.17) is 0 Å². The molecule has 1 aliphatic carbocycles. The van der Waals surface area contributed by atoms with Crippen molar-refractivity contribution >= 4 is 11.9 Å². The molecule has 0 aliphatic heterocycles. The van der Waals surface area contributed by atoms with Gasteiger partial charge in [0.2, 0.25) is 5.95 Å². The number of hydrogen-bond acceptors (Lipinski definition) is 4. The summed E-state index contributed by atoms with van der Waals surface area (Å²) in [5.41, 5.74) is 2.26. The Hall–Kier alpha value is -2.37. The molecule has 1 saturated carbocycles. The van der Waals surface area contributed by atoms with Crippen LogP contribution in [-0.2, 0) is 0 Å². The summed E-state index contributed by atoms with van der Waals surface area (Å²) >= 11 is 0. The number of hydrogen-bond donors (Lipinski definition) is 3. The van der Waals surface area contributed by atoms with E-state index >= 15 is 0 Å². The van der Waals surface area contributed by atoms with Crippen molar-refractivity contribution in [2.24, 2.45) is 5.92 Å². The standard InChI is InChI=1S/C18H25N5O/c1-3-19-18-20-9-8-15(23-18)13-10-16(21-11-13)17(24)22-14-6-4-12(2)5-7-14/h8-12,14,21H,3-7H2,1-2H3,(H,22,24)(H,19,20,23). The van der Waals surface area contributed by atoms with Crippen molar-refractivity contribution in [2.45, 2.75) is 45.6 Å². The first-order valence-electron chi connectivity index (χ1n) is 8.72. The lowest BCUT2D eigenvalue weighted by Crippen LogP contribution is -2.37. The summed E-state index contributed by atoms with van der Waals surface area (Å²) in [5, 5.41) is 6.23. The number of anilines is 1. The topological polar surface area (TPSA) is 82.7 Å². The van der Waals surface area contributed by atoms with Crippen LogP contribution in [0.1, 0.15) is 50.0 Å². The minimum Gasteiger partial charge on any atom is -0.357 e. The lowest BCUT2D eigenvalue weighted by molar-refractivity contribution is 0.0918. The van der Waals surface area contributed by atoms with E-state index in [-0.39, 0.29) is 5.91 Å². The van der Waals surface area contributed by atoms with Gasteiger partial charge < -0.3 is 15.6 Å². The highest BCUT2D eigenvalue weighted by atomic mass is 16.1. The molecule has 6 nitrogen and oxygen atoms in total. The second-order valence-electron chi connectivity index (χ2n) is 6.53. The number of carbonyl (C=O) groups is 1. The van der Waals surface area contributed by atoms with Gasteiger partial charge in [0.15, 0.2) is 0 Å². The van der Waals surface area contributed by atoms with Gasteiger partial charge in [-0.05, 0) is 50.7 Å². The molecule has 2 aromatic rings. The first kappa shape index (κ1) is 16.5. The largest absolute Gasteiger partial charge is 0.357 e. The monoisotopic (exact) mass is 327 g/mol. The van der Waals surface area contributed by atoms with Gasteiger partial charge in [-0.1, -0.05) is 6.92 Å². The van der Waals surface area contributed by atoms with E-state index < -0.39 is 0 Å². The third-order valence-electron chi connectivity index (χ3n) is 4.56. The van der Waals surface area contributed by atoms with E-state index in [0.717, 1.165) is 36.6 Å². The number of nitrogens with one attached hydrogen (secondary N) is 3. The molecule has 3 N–H and O–H groups in total. The van der Waals surface area contributed by atoms with Crippen LogP contribution in [0.15, 0.2) is 24.5 Å². The predicted molar refractivity (Wildman–Crippen MR) is 94.9 cm³/mol. The molecule has 3 rings (SSSR count). The van der Waals surface area contributed by atoms with Gasteiger partial charge in [0.1, 0.15) is 5.69 Å². The molecule has 0 atom stereocenters. The van der Waals surface area contributed by atoms with Gasteiger partial charge in [-0.25, -0.2) is 9.97 Å². The molecule has 0 bridgehead atoms. The molecular formula is C18H25N5O. The predicted octanol–water partition coefficient (Wildman–Crippen LogP) is 3.21. The molecule has 2 heterocycles. The number of aromatic nitrogens is 3. The van der Waals surface area contributed by atoms with Gasteiger partial charge in [0.25, 0.3) is 5.91 Å². The summed E-state index contributed by atoms with van der Waals surface area (Å²) in [6.45, 7) is 5.05. The summed E-state index contributed by atoms with van der Waals surface area (Å²) in [6.07, 6.45) is 8.05. The average molecular weight is 327 g/mol. The molecular weight excluding hydrogens is 302 g/mol. The Morgan fingerprint density at radius 3 is 2.88 bits per heavy atom. The Kier molecular flexibility index (Phi) is 5.13. The van der Waals surface area contributed by atoms with Crippen LogP contribution in [0.25, 0.3) is 11.3 Å². The molecule has 128 valence electrons. The normalized spacial score (nSPS) is 20.6. The third kappa shape index (κ3) is 3.93. The number of aromatic amines is 1. The Morgan fingerprint density at radius 1 is 1.33 bits per heavy atom. The first-order valence-corrected chi connectivity index (χ1v) is 8.72. The number of nitrogens with zero attached hydrogens (tertiary/aromatic N) is 2. The van der Waals surface area contributed by atoms with Crippen molar-refractivity contribution < 1.29 is 4.79 Å². The van der Waals surface area contributed by atoms with E-state index in [2.05, 4.69) is 32.5 Å². The van der Waals surface area contributed by atoms with Crippen LogP contribution in [-0.4, -0.2) is 33.4 Å². The highest BCUT2D eigenvalue weighted by Gasteiger charge is 2.21. The maximum atomic E-state index is 12.4. The molecule has 24 heavy (non-hydrogen) atoms. The van der Waals surface area contributed by atoms with Crippen molar-refractivity contribution in [3.05, 3.63) is 30.2 Å². The van der Waals surface area contributed by atoms with Crippen LogP contribution in [0.2, 0.25) is 0 Å². The van der Waals surface area contributed by atoms with Gasteiger partial charge in [0, 0.05) is 30.5 Å². The summed E-state index contributed by atoms with van der Waals surface area (Å²) in [6, 6.07) is 3.98. The van der Waals surface area contributed by atoms with Crippen LogP contribution < -0.4 is 10.6 Å². The summed E-state index contributed by atoms with van der Waals surface area (Å²) in [7, 11) is 0. The number of rotatable bonds is 5. The summed E-state index contributed by atoms with van der Waals surface area (Å²) in [5.74, 6) is 1.33. The van der Waals surface area contributed by atoms with Gasteiger partial charge in [0.05, 0.1) is 5.69 Å². The average Bonchev–Trinajstić information content (AvgIpc) is 3.08. The van der Waals surface area contributed by atoms with Crippen molar-refractivity contribution in [3.8, 4) is 11.3 Å². The Labute approximate surface area is 142 Å². The molecule has 0 spiro atoms. The van der Waals surface area contributed by atoms with E-state index in [0.29, 0.717) is 17.7 Å². The van der Waals surface area contributed by atoms with Crippen LogP contribution in [0.4, 0.5) is 5.95 Å². The number of amides is 1. The zero-order valence-corrected chi connectivity index (χ0v) is 14.3. The minimum absolute atomic E-state index is 0.0400. The molecule has 1 fully saturated rings. The van der Waals surface area contributed by atoms with Crippen LogP contribution in [0.3, 0.4) is 0 Å². The van der Waals surface area contributed by atoms with Crippen LogP contribution in [0, 0.1) is 5.92 Å². The lowest BCUT2D eigenvalue weighted by atomic mass is 9.87. The zero-order chi connectivity index (χ0) is 16.9. The Bertz CT molecular complexity index is 688. The SMILES string of the molecule is CCNc1nccc(-c2c[nH]c(C(=O)NC3CCC(C)CC3)c2)n1. The Morgan fingerprint density at radius 2 is 2.12 bits per heavy atom. The number of carbonyl (C=O) groups excluding carboxylic acids is 1. The molecule has 0 saturated heterocycles. The minimum atomic E-state index is -0.0400. The second kappa shape index (κ2) is 7.47. The smallest absolute Gasteiger partial charge is 0.267 e. The fraction of sp³-hybridized carbons (Fsp3) is 0.500.